The Morgan fingerprint density at radius 1 is 1.54 bits per heavy atom. The van der Waals surface area contributed by atoms with Crippen LogP contribution in [0.4, 0.5) is 4.39 Å². The minimum absolute atomic E-state index is 0.0503. The Hall–Kier alpha value is -0.940. The topological polar surface area (TPSA) is 63.3 Å². The highest BCUT2D eigenvalue weighted by atomic mass is 79.9. The summed E-state index contributed by atoms with van der Waals surface area (Å²) >= 11 is 2.91. The van der Waals surface area contributed by atoms with Gasteiger partial charge in [-0.3, -0.25) is 0 Å². The maximum Gasteiger partial charge on any atom is 0.335 e. The normalized spacial score (nSPS) is 8.62. The molecule has 3 N–H and O–H groups in total. The summed E-state index contributed by atoms with van der Waals surface area (Å²) in [5.41, 5.74) is 4.45. The molecule has 0 radical (unpaired) electrons. The van der Waals surface area contributed by atoms with Crippen LogP contribution in [-0.2, 0) is 0 Å². The Morgan fingerprint density at radius 3 is 2.46 bits per heavy atom. The third kappa shape index (κ3) is 3.52. The predicted octanol–water partition coefficient (Wildman–Crippen LogP) is 1.86. The molecule has 0 aliphatic carbocycles. The van der Waals surface area contributed by atoms with Gasteiger partial charge in [0.05, 0.1) is 10.0 Å². The van der Waals surface area contributed by atoms with Crippen LogP contribution in [0.15, 0.2) is 22.7 Å². The van der Waals surface area contributed by atoms with Crippen LogP contribution in [0.2, 0.25) is 0 Å². The number of aromatic carboxylic acids is 1. The van der Waals surface area contributed by atoms with Crippen LogP contribution in [0.1, 0.15) is 10.4 Å². The first-order valence-electron chi connectivity index (χ1n) is 3.37. The third-order valence-electron chi connectivity index (χ3n) is 1.17. The molecule has 0 aliphatic heterocycles. The number of hydrogen-bond donors (Lipinski definition) is 2. The molecule has 0 amide bonds. The SMILES string of the molecule is CN.O=C(O)c1ccc(Br)c(F)c1. The van der Waals surface area contributed by atoms with Crippen molar-refractivity contribution < 1.29 is 14.3 Å². The monoisotopic (exact) mass is 249 g/mol. The highest BCUT2D eigenvalue weighted by Gasteiger charge is 2.05. The molecule has 0 aliphatic rings. The van der Waals surface area contributed by atoms with Crippen molar-refractivity contribution >= 4 is 21.9 Å². The van der Waals surface area contributed by atoms with Gasteiger partial charge in [0.15, 0.2) is 0 Å². The van der Waals surface area contributed by atoms with Gasteiger partial charge in [-0.1, -0.05) is 0 Å². The molecule has 1 aromatic carbocycles. The van der Waals surface area contributed by atoms with Crippen molar-refractivity contribution in [1.82, 2.24) is 0 Å². The zero-order valence-corrected chi connectivity index (χ0v) is 8.51. The molecule has 72 valence electrons. The van der Waals surface area contributed by atoms with E-state index in [1.165, 1.54) is 19.2 Å². The fourth-order valence-corrected chi connectivity index (χ4v) is 0.876. The molecule has 13 heavy (non-hydrogen) atoms. The average Bonchev–Trinajstić information content (AvgIpc) is 2.13. The van der Waals surface area contributed by atoms with Gasteiger partial charge in [0, 0.05) is 0 Å². The summed E-state index contributed by atoms with van der Waals surface area (Å²) in [6.45, 7) is 0. The Balaban J connectivity index is 0.000000671. The number of carboxylic acids is 1. The quantitative estimate of drug-likeness (QED) is 0.799. The van der Waals surface area contributed by atoms with Gasteiger partial charge < -0.3 is 10.8 Å². The molecule has 0 aromatic heterocycles. The fourth-order valence-electron chi connectivity index (χ4n) is 0.629. The van der Waals surface area contributed by atoms with Gasteiger partial charge in [-0.25, -0.2) is 9.18 Å². The van der Waals surface area contributed by atoms with Crippen LogP contribution in [0, 0.1) is 5.82 Å². The Kier molecular flexibility index (Phi) is 5.25. The van der Waals surface area contributed by atoms with Crippen molar-refractivity contribution in [2.24, 2.45) is 5.73 Å². The van der Waals surface area contributed by atoms with Crippen LogP contribution in [0.3, 0.4) is 0 Å². The van der Waals surface area contributed by atoms with Gasteiger partial charge >= 0.3 is 5.97 Å². The molecular weight excluding hydrogens is 241 g/mol. The molecule has 1 aromatic rings. The zero-order valence-electron chi connectivity index (χ0n) is 6.92. The van der Waals surface area contributed by atoms with Gasteiger partial charge in [-0.2, -0.15) is 0 Å². The van der Waals surface area contributed by atoms with Crippen molar-refractivity contribution in [2.75, 3.05) is 7.05 Å². The van der Waals surface area contributed by atoms with Crippen molar-refractivity contribution in [3.05, 3.63) is 34.1 Å². The highest BCUT2D eigenvalue weighted by molar-refractivity contribution is 9.10. The van der Waals surface area contributed by atoms with E-state index < -0.39 is 11.8 Å². The van der Waals surface area contributed by atoms with Crippen molar-refractivity contribution in [3.8, 4) is 0 Å². The predicted molar refractivity (Wildman–Crippen MR) is 51.2 cm³/mol. The van der Waals surface area contributed by atoms with Gasteiger partial charge in [-0.15, -0.1) is 0 Å². The molecule has 5 heteroatoms. The van der Waals surface area contributed by atoms with Crippen LogP contribution in [0.25, 0.3) is 0 Å². The summed E-state index contributed by atoms with van der Waals surface area (Å²) in [5, 5.41) is 8.42. The molecule has 0 unspecified atom stereocenters. The number of hydrogen-bond acceptors (Lipinski definition) is 2. The molecule has 1 rings (SSSR count). The zero-order chi connectivity index (χ0) is 10.4. The highest BCUT2D eigenvalue weighted by Crippen LogP contribution is 2.15. The van der Waals surface area contributed by atoms with E-state index in [-0.39, 0.29) is 10.0 Å². The number of nitrogens with two attached hydrogens (primary N) is 1. The molecule has 0 saturated heterocycles. The van der Waals surface area contributed by atoms with Crippen LogP contribution in [0.5, 0.6) is 0 Å². The first-order chi connectivity index (χ1) is 6.11. The number of carboxylic acid groups (broad SMARTS) is 1. The van der Waals surface area contributed by atoms with Crippen molar-refractivity contribution in [2.45, 2.75) is 0 Å². The number of halogens is 2. The summed E-state index contributed by atoms with van der Waals surface area (Å²) in [7, 11) is 1.50. The molecule has 0 spiro atoms. The lowest BCUT2D eigenvalue weighted by Crippen LogP contribution is -1.96. The summed E-state index contributed by atoms with van der Waals surface area (Å²) < 4.78 is 12.9. The maximum absolute atomic E-state index is 12.6. The van der Waals surface area contributed by atoms with Gasteiger partial charge in [0.25, 0.3) is 0 Å². The molecular formula is C8H9BrFNO2. The second kappa shape index (κ2) is 5.66. The fraction of sp³-hybridized carbons (Fsp3) is 0.125. The van der Waals surface area contributed by atoms with Crippen LogP contribution in [-0.4, -0.2) is 18.1 Å². The second-order valence-corrected chi connectivity index (χ2v) is 2.79. The minimum Gasteiger partial charge on any atom is -0.478 e. The molecule has 0 fully saturated rings. The van der Waals surface area contributed by atoms with E-state index >= 15 is 0 Å². The van der Waals surface area contributed by atoms with E-state index in [9.17, 15) is 9.18 Å². The lowest BCUT2D eigenvalue weighted by atomic mass is 10.2. The Morgan fingerprint density at radius 2 is 2.08 bits per heavy atom. The molecule has 0 bridgehead atoms. The number of rotatable bonds is 1. The number of carbonyl (C=O) groups is 1. The van der Waals surface area contributed by atoms with Crippen LogP contribution >= 0.6 is 15.9 Å². The largest absolute Gasteiger partial charge is 0.478 e. The standard InChI is InChI=1S/C7H4BrFO2.CH5N/c8-5-2-1-4(7(10)11)3-6(5)9;1-2/h1-3H,(H,10,11);2H2,1H3. The van der Waals surface area contributed by atoms with E-state index in [2.05, 4.69) is 21.7 Å². The Bertz CT molecular complexity index is 304. The van der Waals surface area contributed by atoms with Gasteiger partial charge in [-0.05, 0) is 41.2 Å². The maximum atomic E-state index is 12.6. The molecule has 0 heterocycles. The molecule has 3 nitrogen and oxygen atoms in total. The molecule has 0 atom stereocenters. The van der Waals surface area contributed by atoms with Gasteiger partial charge in [0.2, 0.25) is 0 Å². The average molecular weight is 250 g/mol. The van der Waals surface area contributed by atoms with E-state index in [4.69, 9.17) is 5.11 Å². The molecule has 0 saturated carbocycles. The van der Waals surface area contributed by atoms with Crippen molar-refractivity contribution in [1.29, 1.82) is 0 Å². The second-order valence-electron chi connectivity index (χ2n) is 1.93. The third-order valence-corrected chi connectivity index (χ3v) is 1.81. The lowest BCUT2D eigenvalue weighted by molar-refractivity contribution is 0.0696. The number of benzene rings is 1. The van der Waals surface area contributed by atoms with E-state index in [1.54, 1.807) is 0 Å². The van der Waals surface area contributed by atoms with E-state index in [1.807, 2.05) is 0 Å². The summed E-state index contributed by atoms with van der Waals surface area (Å²) in [4.78, 5) is 10.3. The summed E-state index contributed by atoms with van der Waals surface area (Å²) in [6.07, 6.45) is 0. The minimum atomic E-state index is -1.13. The first kappa shape index (κ1) is 12.1. The summed E-state index contributed by atoms with van der Waals surface area (Å²) in [5.74, 6) is -1.69. The van der Waals surface area contributed by atoms with E-state index in [0.29, 0.717) is 0 Å². The first-order valence-corrected chi connectivity index (χ1v) is 4.16. The summed E-state index contributed by atoms with van der Waals surface area (Å²) in [6, 6.07) is 3.65. The smallest absolute Gasteiger partial charge is 0.335 e. The van der Waals surface area contributed by atoms with E-state index in [0.717, 1.165) is 6.07 Å². The van der Waals surface area contributed by atoms with Crippen molar-refractivity contribution in [3.63, 3.8) is 0 Å². The Labute approximate surface area is 83.5 Å². The van der Waals surface area contributed by atoms with Crippen LogP contribution < -0.4 is 5.73 Å². The lowest BCUT2D eigenvalue weighted by Gasteiger charge is -1.95. The van der Waals surface area contributed by atoms with Gasteiger partial charge in [0.1, 0.15) is 5.82 Å².